The summed E-state index contributed by atoms with van der Waals surface area (Å²) in [4.78, 5) is 15.6. The maximum absolute atomic E-state index is 13.7. The molecule has 0 spiro atoms. The van der Waals surface area contributed by atoms with Gasteiger partial charge in [-0.2, -0.15) is 0 Å². The van der Waals surface area contributed by atoms with Crippen molar-refractivity contribution in [2.75, 3.05) is 11.9 Å². The van der Waals surface area contributed by atoms with Crippen LogP contribution in [-0.2, 0) is 6.54 Å². The lowest BCUT2D eigenvalue weighted by atomic mass is 10.0. The molecule has 2 amide bonds. The van der Waals surface area contributed by atoms with E-state index >= 15 is 0 Å². The van der Waals surface area contributed by atoms with Gasteiger partial charge in [0, 0.05) is 22.6 Å². The van der Waals surface area contributed by atoms with E-state index in [2.05, 4.69) is 34.3 Å². The largest absolute Gasteiger partial charge is 0.494 e. The van der Waals surface area contributed by atoms with Gasteiger partial charge in [0.05, 0.1) is 24.9 Å². The average Bonchev–Trinajstić information content (AvgIpc) is 3.27. The minimum atomic E-state index is -0.293. The van der Waals surface area contributed by atoms with Crippen molar-refractivity contribution < 1.29 is 9.53 Å². The molecule has 2 heterocycles. The minimum Gasteiger partial charge on any atom is -0.494 e. The molecule has 34 heavy (non-hydrogen) atoms. The number of para-hydroxylation sites is 1. The molecule has 0 saturated heterocycles. The molecule has 4 aromatic rings. The number of hydrogen-bond acceptors (Lipinski definition) is 2. The monoisotopic (exact) mass is 471 g/mol. The Morgan fingerprint density at radius 2 is 1.85 bits per heavy atom. The summed E-state index contributed by atoms with van der Waals surface area (Å²) in [7, 11) is 0. The number of anilines is 1. The van der Waals surface area contributed by atoms with Gasteiger partial charge in [-0.3, -0.25) is 0 Å². The number of hydrogen-bond donors (Lipinski definition) is 1. The Labute approximate surface area is 204 Å². The molecule has 0 saturated carbocycles. The third-order valence-corrected chi connectivity index (χ3v) is 6.56. The normalized spacial score (nSPS) is 14.7. The number of aromatic nitrogens is 1. The highest BCUT2D eigenvalue weighted by atomic mass is 35.5. The van der Waals surface area contributed by atoms with Gasteiger partial charge < -0.3 is 19.5 Å². The van der Waals surface area contributed by atoms with Crippen molar-refractivity contribution >= 4 is 23.3 Å². The van der Waals surface area contributed by atoms with Gasteiger partial charge in [-0.1, -0.05) is 48.0 Å². The lowest BCUT2D eigenvalue weighted by Gasteiger charge is -2.31. The standard InChI is InChI=1S/C28H26ClN3O2/c1-3-34-23-14-11-20(12-15-23)27-26-9-6-16-31(26)25-8-5-4-7-21(25)18-32(27)28(33)30-22-13-10-19(2)24(29)17-22/h4-17,27H,3,18H2,1-2H3,(H,30,33)/t27-/m0/s1. The predicted octanol–water partition coefficient (Wildman–Crippen LogP) is 6.97. The molecule has 1 atom stereocenters. The van der Waals surface area contributed by atoms with Gasteiger partial charge >= 0.3 is 6.03 Å². The zero-order valence-electron chi connectivity index (χ0n) is 19.2. The highest BCUT2D eigenvalue weighted by Crippen LogP contribution is 2.37. The van der Waals surface area contributed by atoms with Crippen molar-refractivity contribution in [3.63, 3.8) is 0 Å². The third-order valence-electron chi connectivity index (χ3n) is 6.15. The van der Waals surface area contributed by atoms with E-state index in [1.165, 1.54) is 0 Å². The topological polar surface area (TPSA) is 46.5 Å². The van der Waals surface area contributed by atoms with Crippen LogP contribution >= 0.6 is 11.6 Å². The summed E-state index contributed by atoms with van der Waals surface area (Å²) in [6.07, 6.45) is 2.05. The highest BCUT2D eigenvalue weighted by molar-refractivity contribution is 6.31. The van der Waals surface area contributed by atoms with Crippen LogP contribution in [0, 0.1) is 6.92 Å². The first-order valence-electron chi connectivity index (χ1n) is 11.4. The van der Waals surface area contributed by atoms with Crippen LogP contribution in [0.4, 0.5) is 10.5 Å². The molecular formula is C28H26ClN3O2. The lowest BCUT2D eigenvalue weighted by molar-refractivity contribution is 0.194. The fraction of sp³-hybridized carbons (Fsp3) is 0.179. The van der Waals surface area contributed by atoms with Crippen LogP contribution in [0.2, 0.25) is 5.02 Å². The predicted molar refractivity (Wildman–Crippen MR) is 136 cm³/mol. The van der Waals surface area contributed by atoms with Crippen LogP contribution in [0.3, 0.4) is 0 Å². The first-order chi connectivity index (χ1) is 16.5. The van der Waals surface area contributed by atoms with Crippen molar-refractivity contribution in [1.29, 1.82) is 0 Å². The van der Waals surface area contributed by atoms with E-state index in [9.17, 15) is 4.79 Å². The van der Waals surface area contributed by atoms with Crippen LogP contribution in [0.25, 0.3) is 5.69 Å². The van der Waals surface area contributed by atoms with Gasteiger partial charge in [0.2, 0.25) is 0 Å². The molecule has 3 aromatic carbocycles. The van der Waals surface area contributed by atoms with Gasteiger partial charge in [0.15, 0.2) is 0 Å². The van der Waals surface area contributed by atoms with E-state index in [4.69, 9.17) is 16.3 Å². The van der Waals surface area contributed by atoms with Crippen molar-refractivity contribution in [3.05, 3.63) is 112 Å². The second-order valence-corrected chi connectivity index (χ2v) is 8.77. The van der Waals surface area contributed by atoms with Crippen molar-refractivity contribution in [2.24, 2.45) is 0 Å². The van der Waals surface area contributed by atoms with Crippen LogP contribution in [0.1, 0.15) is 35.3 Å². The number of nitrogens with zero attached hydrogens (tertiary/aromatic N) is 2. The quantitative estimate of drug-likeness (QED) is 0.349. The Kier molecular flexibility index (Phi) is 6.03. The number of aryl methyl sites for hydroxylation is 1. The molecule has 1 aliphatic heterocycles. The number of carbonyl (C=O) groups is 1. The van der Waals surface area contributed by atoms with E-state index in [1.807, 2.05) is 73.3 Å². The second kappa shape index (κ2) is 9.27. The SMILES string of the molecule is CCOc1ccc([C@H]2c3cccn3-c3ccccc3CN2C(=O)Nc2ccc(C)c(Cl)c2)cc1. The molecule has 0 bridgehead atoms. The van der Waals surface area contributed by atoms with Gasteiger partial charge in [-0.15, -0.1) is 0 Å². The van der Waals surface area contributed by atoms with Crippen molar-refractivity contribution in [2.45, 2.75) is 26.4 Å². The van der Waals surface area contributed by atoms with Crippen LogP contribution in [0.5, 0.6) is 5.75 Å². The molecule has 0 aliphatic carbocycles. The first-order valence-corrected chi connectivity index (χ1v) is 11.7. The summed E-state index contributed by atoms with van der Waals surface area (Å²) < 4.78 is 7.81. The summed E-state index contributed by atoms with van der Waals surface area (Å²) in [6.45, 7) is 4.97. The fourth-order valence-corrected chi connectivity index (χ4v) is 4.65. The maximum atomic E-state index is 13.7. The number of urea groups is 1. The van der Waals surface area contributed by atoms with E-state index in [1.54, 1.807) is 6.07 Å². The zero-order valence-corrected chi connectivity index (χ0v) is 19.9. The molecular weight excluding hydrogens is 446 g/mol. The number of nitrogens with one attached hydrogen (secondary N) is 1. The van der Waals surface area contributed by atoms with E-state index < -0.39 is 0 Å². The molecule has 1 aliphatic rings. The first kappa shape index (κ1) is 22.1. The molecule has 0 radical (unpaired) electrons. The average molecular weight is 472 g/mol. The van der Waals surface area contributed by atoms with Crippen LogP contribution in [0.15, 0.2) is 85.1 Å². The van der Waals surface area contributed by atoms with Crippen molar-refractivity contribution in [1.82, 2.24) is 9.47 Å². The highest BCUT2D eigenvalue weighted by Gasteiger charge is 2.33. The number of fused-ring (bicyclic) bond motifs is 3. The fourth-order valence-electron chi connectivity index (χ4n) is 4.47. The summed E-state index contributed by atoms with van der Waals surface area (Å²) in [6, 6.07) is 25.4. The lowest BCUT2D eigenvalue weighted by Crippen LogP contribution is -2.37. The maximum Gasteiger partial charge on any atom is 0.322 e. The van der Waals surface area contributed by atoms with E-state index in [-0.39, 0.29) is 12.1 Å². The van der Waals surface area contributed by atoms with Gasteiger partial charge in [-0.05, 0) is 73.0 Å². The number of carbonyl (C=O) groups excluding carboxylic acids is 1. The molecule has 1 N–H and O–H groups in total. The van der Waals surface area contributed by atoms with Crippen LogP contribution in [-0.4, -0.2) is 22.1 Å². The van der Waals surface area contributed by atoms with Crippen molar-refractivity contribution in [3.8, 4) is 11.4 Å². The number of amides is 2. The molecule has 5 rings (SSSR count). The number of benzene rings is 3. The molecule has 0 fully saturated rings. The molecule has 5 nitrogen and oxygen atoms in total. The smallest absolute Gasteiger partial charge is 0.322 e. The molecule has 1 aromatic heterocycles. The molecule has 0 unspecified atom stereocenters. The minimum absolute atomic E-state index is 0.191. The Hall–Kier alpha value is -3.70. The van der Waals surface area contributed by atoms with Gasteiger partial charge in [0.1, 0.15) is 5.75 Å². The number of ether oxygens (including phenoxy) is 1. The third kappa shape index (κ3) is 4.15. The summed E-state index contributed by atoms with van der Waals surface area (Å²) in [5.74, 6) is 0.809. The molecule has 172 valence electrons. The summed E-state index contributed by atoms with van der Waals surface area (Å²) in [5, 5.41) is 3.68. The van der Waals surface area contributed by atoms with E-state index in [0.717, 1.165) is 33.8 Å². The Morgan fingerprint density at radius 3 is 2.62 bits per heavy atom. The summed E-state index contributed by atoms with van der Waals surface area (Å²) in [5.41, 5.74) is 5.81. The number of halogens is 1. The molecule has 6 heteroatoms. The Morgan fingerprint density at radius 1 is 1.06 bits per heavy atom. The number of rotatable bonds is 4. The Bertz CT molecular complexity index is 1330. The van der Waals surface area contributed by atoms with E-state index in [0.29, 0.717) is 23.9 Å². The van der Waals surface area contributed by atoms with Gasteiger partial charge in [0.25, 0.3) is 0 Å². The van der Waals surface area contributed by atoms with Gasteiger partial charge in [-0.25, -0.2) is 4.79 Å². The zero-order chi connectivity index (χ0) is 23.7. The van der Waals surface area contributed by atoms with Crippen LogP contribution < -0.4 is 10.1 Å². The summed E-state index contributed by atoms with van der Waals surface area (Å²) >= 11 is 6.31. The second-order valence-electron chi connectivity index (χ2n) is 8.36. The Balaban J connectivity index is 1.59.